The van der Waals surface area contributed by atoms with E-state index in [0.717, 1.165) is 17.1 Å². The van der Waals surface area contributed by atoms with Crippen LogP contribution in [0.2, 0.25) is 0 Å². The van der Waals surface area contributed by atoms with Crippen molar-refractivity contribution in [2.24, 2.45) is 0 Å². The normalized spacial score (nSPS) is 11.6. The SMILES string of the molecule is c1ccc(N(c2ccc(-c3ccc4c(c3)sc3ccccc34)cc2)c2ccc3c(c2)c2ccccc2n3-c2ccccc2)cc1. The minimum absolute atomic E-state index is 1.12. The Morgan fingerprint density at radius 1 is 0.378 bits per heavy atom. The fraction of sp³-hybridized carbons (Fsp3) is 0. The first-order valence-corrected chi connectivity index (χ1v) is 16.1. The summed E-state index contributed by atoms with van der Waals surface area (Å²) in [5, 5.41) is 5.15. The molecular formula is C42H28N2S. The minimum atomic E-state index is 1.12. The van der Waals surface area contributed by atoms with Gasteiger partial charge < -0.3 is 9.47 Å². The molecule has 0 spiro atoms. The van der Waals surface area contributed by atoms with Crippen molar-refractivity contribution in [3.63, 3.8) is 0 Å². The molecule has 2 nitrogen and oxygen atoms in total. The van der Waals surface area contributed by atoms with Crippen LogP contribution in [-0.4, -0.2) is 4.57 Å². The molecule has 3 heteroatoms. The van der Waals surface area contributed by atoms with Crippen LogP contribution in [0.15, 0.2) is 170 Å². The quantitative estimate of drug-likeness (QED) is 0.193. The number of thiophene rings is 1. The molecule has 0 unspecified atom stereocenters. The summed E-state index contributed by atoms with van der Waals surface area (Å²) >= 11 is 1.86. The predicted molar refractivity (Wildman–Crippen MR) is 194 cm³/mol. The Balaban J connectivity index is 1.16. The third-order valence-corrected chi connectivity index (χ3v) is 9.91. The van der Waals surface area contributed by atoms with Crippen molar-refractivity contribution < 1.29 is 0 Å². The van der Waals surface area contributed by atoms with Crippen molar-refractivity contribution in [1.29, 1.82) is 0 Å². The number of fused-ring (bicyclic) bond motifs is 6. The van der Waals surface area contributed by atoms with Gasteiger partial charge in [0.1, 0.15) is 0 Å². The molecule has 0 aliphatic carbocycles. The van der Waals surface area contributed by atoms with Gasteiger partial charge in [-0.2, -0.15) is 0 Å². The van der Waals surface area contributed by atoms with E-state index in [-0.39, 0.29) is 0 Å². The number of nitrogens with zero attached hydrogens (tertiary/aromatic N) is 2. The summed E-state index contributed by atoms with van der Waals surface area (Å²) in [6.45, 7) is 0. The smallest absolute Gasteiger partial charge is 0.0542 e. The second-order valence-corrected chi connectivity index (χ2v) is 12.5. The van der Waals surface area contributed by atoms with Crippen LogP contribution in [-0.2, 0) is 0 Å². The number of rotatable bonds is 5. The first-order valence-electron chi connectivity index (χ1n) is 15.3. The molecule has 0 aliphatic heterocycles. The molecule has 45 heavy (non-hydrogen) atoms. The lowest BCUT2D eigenvalue weighted by Crippen LogP contribution is -2.09. The first kappa shape index (κ1) is 25.8. The largest absolute Gasteiger partial charge is 0.310 e. The molecule has 9 rings (SSSR count). The summed E-state index contributed by atoms with van der Waals surface area (Å²) in [4.78, 5) is 2.35. The number of hydrogen-bond acceptors (Lipinski definition) is 2. The predicted octanol–water partition coefficient (Wildman–Crippen LogP) is 12.3. The second-order valence-electron chi connectivity index (χ2n) is 11.4. The highest BCUT2D eigenvalue weighted by Crippen LogP contribution is 2.41. The molecule has 0 radical (unpaired) electrons. The maximum absolute atomic E-state index is 2.36. The number of benzene rings is 7. The Morgan fingerprint density at radius 3 is 1.80 bits per heavy atom. The number of hydrogen-bond donors (Lipinski definition) is 0. The Bertz CT molecular complexity index is 2470. The number of aromatic nitrogens is 1. The lowest BCUT2D eigenvalue weighted by atomic mass is 10.0. The fourth-order valence-corrected chi connectivity index (χ4v) is 7.83. The van der Waals surface area contributed by atoms with Crippen molar-refractivity contribution in [2.75, 3.05) is 4.90 Å². The maximum Gasteiger partial charge on any atom is 0.0542 e. The van der Waals surface area contributed by atoms with Crippen LogP contribution in [0, 0.1) is 0 Å². The van der Waals surface area contributed by atoms with Gasteiger partial charge in [-0.25, -0.2) is 0 Å². The van der Waals surface area contributed by atoms with Gasteiger partial charge in [-0.3, -0.25) is 0 Å². The molecule has 0 fully saturated rings. The van der Waals surface area contributed by atoms with E-state index in [0.29, 0.717) is 0 Å². The van der Waals surface area contributed by atoms with Crippen LogP contribution in [0.4, 0.5) is 17.1 Å². The Morgan fingerprint density at radius 2 is 0.978 bits per heavy atom. The van der Waals surface area contributed by atoms with Crippen molar-refractivity contribution in [3.8, 4) is 16.8 Å². The Kier molecular flexibility index (Phi) is 6.03. The first-order chi connectivity index (χ1) is 22.3. The van der Waals surface area contributed by atoms with Gasteiger partial charge in [-0.1, -0.05) is 97.1 Å². The van der Waals surface area contributed by atoms with E-state index >= 15 is 0 Å². The van der Waals surface area contributed by atoms with Gasteiger partial charge in [-0.05, 0) is 83.9 Å². The third-order valence-electron chi connectivity index (χ3n) is 8.78. The maximum atomic E-state index is 2.36. The lowest BCUT2D eigenvalue weighted by molar-refractivity contribution is 1.18. The van der Waals surface area contributed by atoms with Gasteiger partial charge in [-0.15, -0.1) is 11.3 Å². The van der Waals surface area contributed by atoms with Crippen LogP contribution in [0.3, 0.4) is 0 Å². The third kappa shape index (κ3) is 4.32. The van der Waals surface area contributed by atoms with Gasteiger partial charge in [0.2, 0.25) is 0 Å². The van der Waals surface area contributed by atoms with Gasteiger partial charge in [0.05, 0.1) is 11.0 Å². The average Bonchev–Trinajstić information content (AvgIpc) is 3.65. The molecule has 0 amide bonds. The summed E-state index contributed by atoms with van der Waals surface area (Å²) < 4.78 is 5.03. The van der Waals surface area contributed by atoms with E-state index in [2.05, 4.69) is 179 Å². The van der Waals surface area contributed by atoms with Crippen molar-refractivity contribution >= 4 is 70.4 Å². The van der Waals surface area contributed by atoms with E-state index in [4.69, 9.17) is 0 Å². The molecule has 0 saturated carbocycles. The van der Waals surface area contributed by atoms with E-state index in [9.17, 15) is 0 Å². The highest BCUT2D eigenvalue weighted by molar-refractivity contribution is 7.25. The monoisotopic (exact) mass is 592 g/mol. The molecule has 0 bridgehead atoms. The highest BCUT2D eigenvalue weighted by atomic mass is 32.1. The molecule has 7 aromatic carbocycles. The van der Waals surface area contributed by atoms with Gasteiger partial charge in [0, 0.05) is 53.7 Å². The van der Waals surface area contributed by atoms with E-state index in [1.165, 1.54) is 58.8 Å². The van der Waals surface area contributed by atoms with Gasteiger partial charge in [0.25, 0.3) is 0 Å². The fourth-order valence-electron chi connectivity index (χ4n) is 6.69. The summed E-state index contributed by atoms with van der Waals surface area (Å²) in [6.07, 6.45) is 0. The van der Waals surface area contributed by atoms with E-state index in [1.54, 1.807) is 0 Å². The molecule has 0 saturated heterocycles. The van der Waals surface area contributed by atoms with Crippen LogP contribution < -0.4 is 4.90 Å². The van der Waals surface area contributed by atoms with Gasteiger partial charge in [0.15, 0.2) is 0 Å². The van der Waals surface area contributed by atoms with E-state index in [1.807, 2.05) is 11.3 Å². The van der Waals surface area contributed by atoms with Crippen LogP contribution in [0.5, 0.6) is 0 Å². The number of para-hydroxylation sites is 3. The van der Waals surface area contributed by atoms with Crippen LogP contribution in [0.25, 0.3) is 58.8 Å². The lowest BCUT2D eigenvalue weighted by Gasteiger charge is -2.26. The molecule has 0 atom stereocenters. The number of anilines is 3. The van der Waals surface area contributed by atoms with Crippen molar-refractivity contribution in [2.45, 2.75) is 0 Å². The molecule has 9 aromatic rings. The molecule has 0 N–H and O–H groups in total. The molecule has 212 valence electrons. The molecular weight excluding hydrogens is 565 g/mol. The zero-order valence-corrected chi connectivity index (χ0v) is 25.3. The van der Waals surface area contributed by atoms with Crippen LogP contribution in [0.1, 0.15) is 0 Å². The average molecular weight is 593 g/mol. The minimum Gasteiger partial charge on any atom is -0.310 e. The summed E-state index contributed by atoms with van der Waals surface area (Å²) in [7, 11) is 0. The van der Waals surface area contributed by atoms with Gasteiger partial charge >= 0.3 is 0 Å². The van der Waals surface area contributed by atoms with Crippen molar-refractivity contribution in [1.82, 2.24) is 4.57 Å². The standard InChI is InChI=1S/C42H28N2S/c1-3-11-31(12-4-1)43(33-22-19-29(20-23-33)30-21-25-37-36-16-8-10-18-41(36)45-42(37)27-30)34-24-26-40-38(28-34)35-15-7-9-17-39(35)44(40)32-13-5-2-6-14-32/h1-28H. The summed E-state index contributed by atoms with van der Waals surface area (Å²) in [5.74, 6) is 0. The summed E-state index contributed by atoms with van der Waals surface area (Å²) in [5.41, 5.74) is 9.41. The van der Waals surface area contributed by atoms with Crippen molar-refractivity contribution in [3.05, 3.63) is 170 Å². The molecule has 2 aromatic heterocycles. The van der Waals surface area contributed by atoms with Crippen LogP contribution >= 0.6 is 11.3 Å². The highest BCUT2D eigenvalue weighted by Gasteiger charge is 2.17. The zero-order valence-electron chi connectivity index (χ0n) is 24.5. The topological polar surface area (TPSA) is 8.17 Å². The Hall–Kier alpha value is -5.64. The Labute approximate surface area is 265 Å². The summed E-state index contributed by atoms with van der Waals surface area (Å²) in [6, 6.07) is 61.4. The molecule has 2 heterocycles. The zero-order chi connectivity index (χ0) is 29.7. The molecule has 0 aliphatic rings. The van der Waals surface area contributed by atoms with E-state index < -0.39 is 0 Å². The second kappa shape index (κ2) is 10.5.